The lowest BCUT2D eigenvalue weighted by Gasteiger charge is -2.15. The van der Waals surface area contributed by atoms with Gasteiger partial charge >= 0.3 is 0 Å². The molecule has 1 aliphatic rings. The molecule has 3 N–H and O–H groups in total. The topological polar surface area (TPSA) is 65.1 Å². The maximum atomic E-state index is 5.83. The van der Waals surface area contributed by atoms with Crippen LogP contribution in [0.15, 0.2) is 12.3 Å². The molecule has 0 saturated heterocycles. The second-order valence-corrected chi connectivity index (χ2v) is 2.67. The molecule has 5 nitrogen and oxygen atoms in total. The summed E-state index contributed by atoms with van der Waals surface area (Å²) in [6, 6.07) is 1.87. The van der Waals surface area contributed by atoms with Crippen molar-refractivity contribution >= 4 is 5.82 Å². The van der Waals surface area contributed by atoms with E-state index in [4.69, 9.17) is 10.5 Å². The van der Waals surface area contributed by atoms with Crippen LogP contribution in [0.25, 0.3) is 0 Å². The number of ether oxygens (including phenoxy) is 1. The Kier molecular flexibility index (Phi) is 1.74. The molecule has 0 radical (unpaired) electrons. The van der Waals surface area contributed by atoms with Gasteiger partial charge in [0, 0.05) is 12.7 Å². The summed E-state index contributed by atoms with van der Waals surface area (Å²) in [6.45, 7) is 2.59. The zero-order chi connectivity index (χ0) is 8.55. The Morgan fingerprint density at radius 1 is 1.83 bits per heavy atom. The smallest absolute Gasteiger partial charge is 0.164 e. The van der Waals surface area contributed by atoms with Crippen molar-refractivity contribution in [1.29, 1.82) is 0 Å². The lowest BCUT2D eigenvalue weighted by atomic mass is 10.5. The number of aromatic nitrogens is 2. The SMILES string of the molecule is CCOC1Nc2ccnn2C1N. The third-order valence-corrected chi connectivity index (χ3v) is 1.90. The van der Waals surface area contributed by atoms with Crippen molar-refractivity contribution in [3.8, 4) is 0 Å². The lowest BCUT2D eigenvalue weighted by Crippen LogP contribution is -2.32. The first kappa shape index (κ1) is 7.57. The van der Waals surface area contributed by atoms with E-state index in [2.05, 4.69) is 10.4 Å². The van der Waals surface area contributed by atoms with Crippen LogP contribution in [0, 0.1) is 0 Å². The van der Waals surface area contributed by atoms with Gasteiger partial charge in [-0.05, 0) is 6.92 Å². The Labute approximate surface area is 70.5 Å². The van der Waals surface area contributed by atoms with E-state index in [1.165, 1.54) is 0 Å². The van der Waals surface area contributed by atoms with Gasteiger partial charge in [-0.3, -0.25) is 0 Å². The van der Waals surface area contributed by atoms with E-state index in [0.717, 1.165) is 5.82 Å². The molecule has 5 heteroatoms. The van der Waals surface area contributed by atoms with Gasteiger partial charge in [0.05, 0.1) is 6.20 Å². The molecule has 0 bridgehead atoms. The fraction of sp³-hybridized carbons (Fsp3) is 0.571. The highest BCUT2D eigenvalue weighted by atomic mass is 16.5. The molecule has 0 amide bonds. The number of nitrogens with two attached hydrogens (primary N) is 1. The van der Waals surface area contributed by atoms with Crippen LogP contribution in [-0.4, -0.2) is 22.6 Å². The van der Waals surface area contributed by atoms with Crippen LogP contribution < -0.4 is 11.1 Å². The van der Waals surface area contributed by atoms with Crippen LogP contribution >= 0.6 is 0 Å². The molecule has 2 atom stereocenters. The molecule has 2 unspecified atom stereocenters. The third-order valence-electron chi connectivity index (χ3n) is 1.90. The van der Waals surface area contributed by atoms with E-state index < -0.39 is 0 Å². The van der Waals surface area contributed by atoms with Crippen molar-refractivity contribution in [2.45, 2.75) is 19.3 Å². The summed E-state index contributed by atoms with van der Waals surface area (Å²) in [4.78, 5) is 0. The quantitative estimate of drug-likeness (QED) is 0.658. The standard InChI is InChI=1S/C7H12N4O/c1-2-12-7-6(8)11-5(10-7)3-4-9-11/h3-4,6-7,10H,2,8H2,1H3. The van der Waals surface area contributed by atoms with Crippen LogP contribution in [0.2, 0.25) is 0 Å². The molecule has 1 aromatic rings. The first-order valence-electron chi connectivity index (χ1n) is 4.00. The van der Waals surface area contributed by atoms with Crippen molar-refractivity contribution in [1.82, 2.24) is 9.78 Å². The summed E-state index contributed by atoms with van der Waals surface area (Å²) in [5.74, 6) is 0.918. The lowest BCUT2D eigenvalue weighted by molar-refractivity contribution is 0.0542. The number of fused-ring (bicyclic) bond motifs is 1. The Morgan fingerprint density at radius 2 is 2.67 bits per heavy atom. The molecule has 2 rings (SSSR count). The van der Waals surface area contributed by atoms with Crippen LogP contribution in [0.3, 0.4) is 0 Å². The van der Waals surface area contributed by atoms with Gasteiger partial charge in [0.15, 0.2) is 6.23 Å². The van der Waals surface area contributed by atoms with Gasteiger partial charge < -0.3 is 15.8 Å². The summed E-state index contributed by atoms with van der Waals surface area (Å²) in [5.41, 5.74) is 5.83. The number of nitrogens with zero attached hydrogens (tertiary/aromatic N) is 2. The summed E-state index contributed by atoms with van der Waals surface area (Å²) in [6.07, 6.45) is 1.36. The van der Waals surface area contributed by atoms with E-state index in [1.807, 2.05) is 13.0 Å². The molecule has 0 spiro atoms. The molecule has 1 aromatic heterocycles. The molecule has 0 aliphatic carbocycles. The molecule has 1 aliphatic heterocycles. The fourth-order valence-corrected chi connectivity index (χ4v) is 1.35. The van der Waals surface area contributed by atoms with Crippen LogP contribution in [-0.2, 0) is 4.74 Å². The van der Waals surface area contributed by atoms with Crippen molar-refractivity contribution < 1.29 is 4.74 Å². The second kappa shape index (κ2) is 2.76. The van der Waals surface area contributed by atoms with Gasteiger partial charge in [-0.2, -0.15) is 5.10 Å². The van der Waals surface area contributed by atoms with Crippen LogP contribution in [0.4, 0.5) is 5.82 Å². The summed E-state index contributed by atoms with van der Waals surface area (Å²) in [5, 5.41) is 7.18. The molecular formula is C7H12N4O. The largest absolute Gasteiger partial charge is 0.355 e. The molecule has 12 heavy (non-hydrogen) atoms. The average molecular weight is 168 g/mol. The van der Waals surface area contributed by atoms with E-state index in [9.17, 15) is 0 Å². The molecule has 0 fully saturated rings. The minimum atomic E-state index is -0.213. The molecule has 66 valence electrons. The summed E-state index contributed by atoms with van der Waals surface area (Å²) in [7, 11) is 0. The van der Waals surface area contributed by atoms with E-state index >= 15 is 0 Å². The number of nitrogens with one attached hydrogen (secondary N) is 1. The van der Waals surface area contributed by atoms with Gasteiger partial charge in [-0.1, -0.05) is 0 Å². The van der Waals surface area contributed by atoms with E-state index in [0.29, 0.717) is 6.61 Å². The Balaban J connectivity index is 2.16. The van der Waals surface area contributed by atoms with Crippen molar-refractivity contribution in [2.24, 2.45) is 5.73 Å². The van der Waals surface area contributed by atoms with Crippen molar-refractivity contribution in [2.75, 3.05) is 11.9 Å². The third kappa shape index (κ3) is 0.981. The predicted octanol–water partition coefficient (Wildman–Crippen LogP) is 0.128. The van der Waals surface area contributed by atoms with Crippen molar-refractivity contribution in [3.05, 3.63) is 12.3 Å². The Hall–Kier alpha value is -1.07. The highest BCUT2D eigenvalue weighted by molar-refractivity contribution is 5.39. The van der Waals surface area contributed by atoms with Crippen LogP contribution in [0.1, 0.15) is 13.1 Å². The van der Waals surface area contributed by atoms with Crippen molar-refractivity contribution in [3.63, 3.8) is 0 Å². The maximum Gasteiger partial charge on any atom is 0.164 e. The Bertz CT molecular complexity index is 272. The number of rotatable bonds is 2. The predicted molar refractivity (Wildman–Crippen MR) is 44.5 cm³/mol. The van der Waals surface area contributed by atoms with Gasteiger partial charge in [0.25, 0.3) is 0 Å². The first-order valence-corrected chi connectivity index (χ1v) is 4.00. The van der Waals surface area contributed by atoms with Crippen LogP contribution in [0.5, 0.6) is 0 Å². The van der Waals surface area contributed by atoms with E-state index in [1.54, 1.807) is 10.9 Å². The zero-order valence-corrected chi connectivity index (χ0v) is 6.90. The fourth-order valence-electron chi connectivity index (χ4n) is 1.35. The Morgan fingerprint density at radius 3 is 3.33 bits per heavy atom. The van der Waals surface area contributed by atoms with E-state index in [-0.39, 0.29) is 12.4 Å². The second-order valence-electron chi connectivity index (χ2n) is 2.67. The number of anilines is 1. The highest BCUT2D eigenvalue weighted by Gasteiger charge is 2.29. The minimum Gasteiger partial charge on any atom is -0.355 e. The minimum absolute atomic E-state index is 0.140. The maximum absolute atomic E-state index is 5.83. The monoisotopic (exact) mass is 168 g/mol. The molecule has 0 saturated carbocycles. The number of hydrogen-bond acceptors (Lipinski definition) is 4. The van der Waals surface area contributed by atoms with Gasteiger partial charge in [0.2, 0.25) is 0 Å². The van der Waals surface area contributed by atoms with Gasteiger partial charge in [-0.25, -0.2) is 4.68 Å². The first-order chi connectivity index (χ1) is 5.83. The normalized spacial score (nSPS) is 26.8. The zero-order valence-electron chi connectivity index (χ0n) is 6.90. The highest BCUT2D eigenvalue weighted by Crippen LogP contribution is 2.23. The van der Waals surface area contributed by atoms with Gasteiger partial charge in [0.1, 0.15) is 12.0 Å². The summed E-state index contributed by atoms with van der Waals surface area (Å²) >= 11 is 0. The molecular weight excluding hydrogens is 156 g/mol. The molecule has 0 aromatic carbocycles. The molecule has 2 heterocycles. The summed E-state index contributed by atoms with van der Waals surface area (Å²) < 4.78 is 7.08. The van der Waals surface area contributed by atoms with Gasteiger partial charge in [-0.15, -0.1) is 0 Å². The average Bonchev–Trinajstić information content (AvgIpc) is 2.58. The number of hydrogen-bond donors (Lipinski definition) is 2.